The van der Waals surface area contributed by atoms with Gasteiger partial charge in [0.25, 0.3) is 0 Å². The van der Waals surface area contributed by atoms with E-state index in [0.717, 1.165) is 21.0 Å². The zero-order valence-electron chi connectivity index (χ0n) is 9.47. The number of rotatable bonds is 2. The molecular formula is C12H11F2IN2. The molecule has 2 rings (SSSR count). The third kappa shape index (κ3) is 2.48. The van der Waals surface area contributed by atoms with Crippen molar-refractivity contribution in [2.24, 2.45) is 0 Å². The maximum absolute atomic E-state index is 13.1. The van der Waals surface area contributed by atoms with Crippen molar-refractivity contribution < 1.29 is 8.78 Å². The number of hydrogen-bond acceptors (Lipinski definition) is 1. The van der Waals surface area contributed by atoms with Gasteiger partial charge in [-0.1, -0.05) is 6.07 Å². The zero-order chi connectivity index (χ0) is 12.6. The van der Waals surface area contributed by atoms with E-state index >= 15 is 0 Å². The maximum atomic E-state index is 13.1. The van der Waals surface area contributed by atoms with E-state index < -0.39 is 11.6 Å². The summed E-state index contributed by atoms with van der Waals surface area (Å²) in [5.41, 5.74) is 2.68. The summed E-state index contributed by atoms with van der Waals surface area (Å²) in [7, 11) is 0. The molecule has 0 saturated carbocycles. The summed E-state index contributed by atoms with van der Waals surface area (Å²) in [6, 6.07) is 3.92. The van der Waals surface area contributed by atoms with Crippen molar-refractivity contribution in [1.29, 1.82) is 0 Å². The van der Waals surface area contributed by atoms with Gasteiger partial charge >= 0.3 is 0 Å². The summed E-state index contributed by atoms with van der Waals surface area (Å²) in [5.74, 6) is -1.64. The average Bonchev–Trinajstić information content (AvgIpc) is 2.52. The fourth-order valence-electron chi connectivity index (χ4n) is 1.64. The lowest BCUT2D eigenvalue weighted by molar-refractivity contribution is 0.505. The van der Waals surface area contributed by atoms with Crippen molar-refractivity contribution in [3.63, 3.8) is 0 Å². The molecule has 0 saturated heterocycles. The Morgan fingerprint density at radius 2 is 1.94 bits per heavy atom. The van der Waals surface area contributed by atoms with Crippen LogP contribution in [-0.2, 0) is 6.54 Å². The Bertz CT molecular complexity index is 564. The molecule has 0 aliphatic carbocycles. The molecule has 0 bridgehead atoms. The number of hydrogen-bond donors (Lipinski definition) is 0. The third-order valence-corrected chi connectivity index (χ3v) is 4.17. The minimum atomic E-state index is -0.823. The van der Waals surface area contributed by atoms with Crippen LogP contribution in [0, 0.1) is 29.1 Å². The Hall–Kier alpha value is -0.980. The third-order valence-electron chi connectivity index (χ3n) is 2.61. The van der Waals surface area contributed by atoms with Gasteiger partial charge in [0.2, 0.25) is 0 Å². The predicted octanol–water partition coefficient (Wildman–Crippen LogP) is 3.43. The molecular weight excluding hydrogens is 337 g/mol. The first kappa shape index (κ1) is 12.5. The van der Waals surface area contributed by atoms with Gasteiger partial charge in [-0.2, -0.15) is 5.10 Å². The lowest BCUT2D eigenvalue weighted by atomic mass is 10.2. The monoisotopic (exact) mass is 348 g/mol. The molecule has 0 atom stereocenters. The van der Waals surface area contributed by atoms with E-state index in [1.165, 1.54) is 6.07 Å². The molecule has 0 unspecified atom stereocenters. The van der Waals surface area contributed by atoms with Gasteiger partial charge in [0.15, 0.2) is 11.6 Å². The van der Waals surface area contributed by atoms with Gasteiger partial charge in [-0.05, 0) is 54.1 Å². The summed E-state index contributed by atoms with van der Waals surface area (Å²) < 4.78 is 28.7. The molecule has 2 aromatic rings. The van der Waals surface area contributed by atoms with Crippen LogP contribution in [0.5, 0.6) is 0 Å². The molecule has 0 N–H and O–H groups in total. The van der Waals surface area contributed by atoms with E-state index in [0.29, 0.717) is 12.1 Å². The number of halogens is 3. The van der Waals surface area contributed by atoms with Gasteiger partial charge in [-0.3, -0.25) is 4.68 Å². The summed E-state index contributed by atoms with van der Waals surface area (Å²) in [6.07, 6.45) is 0. The van der Waals surface area contributed by atoms with Crippen molar-refractivity contribution in [3.05, 3.63) is 50.4 Å². The van der Waals surface area contributed by atoms with Crippen molar-refractivity contribution in [3.8, 4) is 0 Å². The van der Waals surface area contributed by atoms with Crippen LogP contribution in [0.3, 0.4) is 0 Å². The van der Waals surface area contributed by atoms with Crippen LogP contribution in [0.15, 0.2) is 18.2 Å². The van der Waals surface area contributed by atoms with Gasteiger partial charge < -0.3 is 0 Å². The highest BCUT2D eigenvalue weighted by Gasteiger charge is 2.10. The van der Waals surface area contributed by atoms with E-state index in [-0.39, 0.29) is 0 Å². The largest absolute Gasteiger partial charge is 0.264 e. The highest BCUT2D eigenvalue weighted by Crippen LogP contribution is 2.17. The smallest absolute Gasteiger partial charge is 0.159 e. The van der Waals surface area contributed by atoms with Gasteiger partial charge in [-0.15, -0.1) is 0 Å². The lowest BCUT2D eigenvalue weighted by Gasteiger charge is -2.05. The molecule has 2 nitrogen and oxygen atoms in total. The number of benzene rings is 1. The predicted molar refractivity (Wildman–Crippen MR) is 69.9 cm³/mol. The molecule has 5 heteroatoms. The van der Waals surface area contributed by atoms with E-state index in [2.05, 4.69) is 27.7 Å². The molecule has 0 spiro atoms. The second kappa shape index (κ2) is 4.72. The number of aromatic nitrogens is 2. The minimum Gasteiger partial charge on any atom is -0.264 e. The van der Waals surface area contributed by atoms with Crippen LogP contribution in [0.4, 0.5) is 8.78 Å². The molecule has 0 aliphatic rings. The van der Waals surface area contributed by atoms with E-state index in [4.69, 9.17) is 0 Å². The molecule has 0 fully saturated rings. The quantitative estimate of drug-likeness (QED) is 0.761. The van der Waals surface area contributed by atoms with E-state index in [9.17, 15) is 8.78 Å². The SMILES string of the molecule is Cc1nn(Cc2ccc(F)c(F)c2)c(C)c1I. The Morgan fingerprint density at radius 1 is 1.24 bits per heavy atom. The van der Waals surface area contributed by atoms with Gasteiger partial charge in [0.1, 0.15) is 0 Å². The first-order valence-electron chi connectivity index (χ1n) is 5.12. The Labute approximate surface area is 112 Å². The van der Waals surface area contributed by atoms with Crippen molar-refractivity contribution in [2.75, 3.05) is 0 Å². The molecule has 1 heterocycles. The molecule has 1 aromatic carbocycles. The topological polar surface area (TPSA) is 17.8 Å². The van der Waals surface area contributed by atoms with Crippen LogP contribution < -0.4 is 0 Å². The molecule has 90 valence electrons. The fraction of sp³-hybridized carbons (Fsp3) is 0.250. The second-order valence-electron chi connectivity index (χ2n) is 3.89. The van der Waals surface area contributed by atoms with Gasteiger partial charge in [0.05, 0.1) is 15.8 Å². The van der Waals surface area contributed by atoms with Crippen LogP contribution in [0.2, 0.25) is 0 Å². The van der Waals surface area contributed by atoms with Crippen molar-refractivity contribution in [1.82, 2.24) is 9.78 Å². The average molecular weight is 348 g/mol. The maximum Gasteiger partial charge on any atom is 0.159 e. The Balaban J connectivity index is 2.31. The summed E-state index contributed by atoms with van der Waals surface area (Å²) in [6.45, 7) is 4.34. The highest BCUT2D eigenvalue weighted by molar-refractivity contribution is 14.1. The van der Waals surface area contributed by atoms with Crippen LogP contribution in [0.25, 0.3) is 0 Å². The first-order chi connectivity index (χ1) is 7.99. The van der Waals surface area contributed by atoms with Crippen molar-refractivity contribution >= 4 is 22.6 Å². The molecule has 0 amide bonds. The fourth-order valence-corrected chi connectivity index (χ4v) is 2.03. The highest BCUT2D eigenvalue weighted by atomic mass is 127. The second-order valence-corrected chi connectivity index (χ2v) is 4.97. The van der Waals surface area contributed by atoms with E-state index in [1.807, 2.05) is 13.8 Å². The van der Waals surface area contributed by atoms with Crippen LogP contribution in [0.1, 0.15) is 17.0 Å². The summed E-state index contributed by atoms with van der Waals surface area (Å²) in [5, 5.41) is 4.35. The molecule has 1 aromatic heterocycles. The first-order valence-corrected chi connectivity index (χ1v) is 6.20. The van der Waals surface area contributed by atoms with Gasteiger partial charge in [-0.25, -0.2) is 8.78 Å². The molecule has 0 aliphatic heterocycles. The lowest BCUT2D eigenvalue weighted by Crippen LogP contribution is -2.04. The van der Waals surface area contributed by atoms with Gasteiger partial charge in [0, 0.05) is 5.69 Å². The number of aryl methyl sites for hydroxylation is 1. The standard InChI is InChI=1S/C12H11F2IN2/c1-7-12(15)8(2)17(16-7)6-9-3-4-10(13)11(14)5-9/h3-5H,6H2,1-2H3. The molecule has 17 heavy (non-hydrogen) atoms. The summed E-state index contributed by atoms with van der Waals surface area (Å²) >= 11 is 2.23. The van der Waals surface area contributed by atoms with Crippen LogP contribution in [-0.4, -0.2) is 9.78 Å². The Kier molecular flexibility index (Phi) is 3.46. The van der Waals surface area contributed by atoms with E-state index in [1.54, 1.807) is 10.7 Å². The zero-order valence-corrected chi connectivity index (χ0v) is 11.6. The van der Waals surface area contributed by atoms with Crippen molar-refractivity contribution in [2.45, 2.75) is 20.4 Å². The van der Waals surface area contributed by atoms with Crippen LogP contribution >= 0.6 is 22.6 Å². The Morgan fingerprint density at radius 3 is 2.47 bits per heavy atom. The normalized spacial score (nSPS) is 10.9. The minimum absolute atomic E-state index is 0.451. The number of nitrogens with zero attached hydrogens (tertiary/aromatic N) is 2. The molecule has 0 radical (unpaired) electrons. The summed E-state index contributed by atoms with van der Waals surface area (Å²) in [4.78, 5) is 0.